The summed E-state index contributed by atoms with van der Waals surface area (Å²) in [7, 11) is 0. The van der Waals surface area contributed by atoms with Gasteiger partial charge in [-0.15, -0.1) is 11.3 Å². The minimum atomic E-state index is -4.51. The highest BCUT2D eigenvalue weighted by atomic mass is 32.2. The lowest BCUT2D eigenvalue weighted by atomic mass is 9.64. The standard InChI is InChI=1S/C27H27F3N6OS2/c1-14-33-13-19(38-14)23(37)32-7-3-4-18-24(39-27(28,29)30)36-9-8-31-21(22(36)35-18)34-17-6-5-15-10-25(2)20(15)26(25)11-16(17)12-26/h8-9,13,15-17,20H,5-7,10-12H2,1-2H3,(H,31,34)(H,32,37)/t15-,16?,17-,20?,25?,26?/m1/s1. The number of thiazole rings is 1. The smallest absolute Gasteiger partial charge is 0.364 e. The summed E-state index contributed by atoms with van der Waals surface area (Å²) >= 11 is 1.01. The molecule has 7 nitrogen and oxygen atoms in total. The third kappa shape index (κ3) is 3.95. The zero-order chi connectivity index (χ0) is 27.2. The van der Waals surface area contributed by atoms with Crippen molar-refractivity contribution in [3.05, 3.63) is 34.2 Å². The summed E-state index contributed by atoms with van der Waals surface area (Å²) in [5.41, 5.74) is -3.08. The van der Waals surface area contributed by atoms with Crippen molar-refractivity contribution in [1.82, 2.24) is 24.7 Å². The molecule has 8 rings (SSSR count). The van der Waals surface area contributed by atoms with Gasteiger partial charge in [0.2, 0.25) is 0 Å². The van der Waals surface area contributed by atoms with Gasteiger partial charge in [0.15, 0.2) is 11.5 Å². The molecule has 3 heterocycles. The third-order valence-corrected chi connectivity index (χ3v) is 11.3. The van der Waals surface area contributed by atoms with Crippen LogP contribution in [0.1, 0.15) is 59.4 Å². The summed E-state index contributed by atoms with van der Waals surface area (Å²) < 4.78 is 42.0. The number of halogens is 3. The molecule has 0 aromatic carbocycles. The Morgan fingerprint density at radius 3 is 2.82 bits per heavy atom. The van der Waals surface area contributed by atoms with Crippen LogP contribution in [0.25, 0.3) is 5.65 Å². The van der Waals surface area contributed by atoms with Crippen LogP contribution in [-0.2, 0) is 0 Å². The summed E-state index contributed by atoms with van der Waals surface area (Å²) in [4.78, 5) is 25.7. The van der Waals surface area contributed by atoms with Crippen LogP contribution in [-0.4, -0.2) is 43.4 Å². The van der Waals surface area contributed by atoms with E-state index >= 15 is 0 Å². The van der Waals surface area contributed by atoms with Crippen molar-refractivity contribution in [1.29, 1.82) is 0 Å². The van der Waals surface area contributed by atoms with E-state index in [2.05, 4.69) is 44.4 Å². The molecule has 12 heteroatoms. The number of carbonyl (C=O) groups excluding carboxylic acids is 1. The normalized spacial score (nSPS) is 32.0. The van der Waals surface area contributed by atoms with Gasteiger partial charge >= 0.3 is 5.51 Å². The molecule has 2 N–H and O–H groups in total. The number of alkyl halides is 3. The molecule has 5 fully saturated rings. The second-order valence-electron chi connectivity index (χ2n) is 11.5. The second kappa shape index (κ2) is 8.61. The van der Waals surface area contributed by atoms with E-state index in [0.717, 1.165) is 23.3 Å². The lowest BCUT2D eigenvalue weighted by molar-refractivity contribution is -0.0330. The summed E-state index contributed by atoms with van der Waals surface area (Å²) in [5.74, 6) is 7.94. The van der Waals surface area contributed by atoms with Gasteiger partial charge in [-0.3, -0.25) is 9.20 Å². The highest BCUT2D eigenvalue weighted by molar-refractivity contribution is 8.00. The molecular formula is C27H27F3N6OS2. The minimum Gasteiger partial charge on any atom is -0.364 e. The van der Waals surface area contributed by atoms with Crippen molar-refractivity contribution in [2.75, 3.05) is 11.9 Å². The first-order chi connectivity index (χ1) is 18.6. The summed E-state index contributed by atoms with van der Waals surface area (Å²) in [5, 5.41) is 6.88. The monoisotopic (exact) mass is 572 g/mol. The van der Waals surface area contributed by atoms with Gasteiger partial charge in [-0.25, -0.2) is 15.0 Å². The van der Waals surface area contributed by atoms with Crippen LogP contribution in [0.2, 0.25) is 0 Å². The number of hydrogen-bond donors (Lipinski definition) is 2. The average Bonchev–Trinajstić information content (AvgIpc) is 3.22. The van der Waals surface area contributed by atoms with Crippen molar-refractivity contribution in [2.24, 2.45) is 28.6 Å². The number of fused-ring (bicyclic) bond motifs is 3. The number of aromatic nitrogens is 4. The van der Waals surface area contributed by atoms with Gasteiger partial charge in [0.1, 0.15) is 15.6 Å². The van der Waals surface area contributed by atoms with E-state index in [1.165, 1.54) is 60.0 Å². The van der Waals surface area contributed by atoms with E-state index in [1.54, 1.807) is 6.92 Å². The van der Waals surface area contributed by atoms with Crippen LogP contribution < -0.4 is 10.6 Å². The largest absolute Gasteiger partial charge is 0.447 e. The Hall–Kier alpha value is -2.78. The number of carbonyl (C=O) groups is 1. The van der Waals surface area contributed by atoms with Gasteiger partial charge < -0.3 is 10.6 Å². The van der Waals surface area contributed by atoms with E-state index in [9.17, 15) is 18.0 Å². The first-order valence-electron chi connectivity index (χ1n) is 13.2. The number of rotatable bonds is 5. The minimum absolute atomic E-state index is 0.00564. The molecule has 2 bridgehead atoms. The molecule has 0 aliphatic heterocycles. The van der Waals surface area contributed by atoms with Gasteiger partial charge in [-0.05, 0) is 73.5 Å². The van der Waals surface area contributed by atoms with Crippen molar-refractivity contribution in [2.45, 2.75) is 62.5 Å². The third-order valence-electron chi connectivity index (χ3n) is 9.59. The number of aryl methyl sites for hydroxylation is 1. The fraction of sp³-hybridized carbons (Fsp3) is 0.556. The molecule has 0 radical (unpaired) electrons. The van der Waals surface area contributed by atoms with Gasteiger partial charge in [-0.2, -0.15) is 13.2 Å². The topological polar surface area (TPSA) is 84.2 Å². The Bertz CT molecular complexity index is 1550. The van der Waals surface area contributed by atoms with E-state index in [-0.39, 0.29) is 41.0 Å². The fourth-order valence-corrected chi connectivity index (χ4v) is 9.33. The molecule has 1 amide bonds. The number of anilines is 1. The second-order valence-corrected chi connectivity index (χ2v) is 13.8. The van der Waals surface area contributed by atoms with E-state index in [4.69, 9.17) is 0 Å². The lowest BCUT2D eigenvalue weighted by Gasteiger charge is -2.44. The molecule has 3 aromatic rings. The van der Waals surface area contributed by atoms with Crippen molar-refractivity contribution < 1.29 is 18.0 Å². The number of amides is 1. The summed E-state index contributed by atoms with van der Waals surface area (Å²) in [6.07, 6.45) is 10.5. The van der Waals surface area contributed by atoms with E-state index < -0.39 is 5.51 Å². The molecule has 5 aliphatic carbocycles. The van der Waals surface area contributed by atoms with Crippen LogP contribution in [0.3, 0.4) is 0 Å². The van der Waals surface area contributed by atoms with E-state index in [0.29, 0.717) is 33.1 Å². The SMILES string of the molecule is Cc1ncc(C(=O)NCC#Cc2nc3c(N[C@@H]4CC[C@@H]5CC6(C)C5C65CC4C5)nccn3c2SC(F)(F)F)s1. The first-order valence-corrected chi connectivity index (χ1v) is 14.8. The highest BCUT2D eigenvalue weighted by Crippen LogP contribution is 2.91. The molecule has 1 spiro atoms. The molecule has 4 atom stereocenters. The molecule has 204 valence electrons. The van der Waals surface area contributed by atoms with Crippen molar-refractivity contribution in [3.63, 3.8) is 0 Å². The Morgan fingerprint density at radius 1 is 1.26 bits per heavy atom. The van der Waals surface area contributed by atoms with Crippen molar-refractivity contribution in [3.8, 4) is 11.8 Å². The zero-order valence-corrected chi connectivity index (χ0v) is 23.1. The summed E-state index contributed by atoms with van der Waals surface area (Å²) in [6.45, 7) is 4.22. The Morgan fingerprint density at radius 2 is 2.08 bits per heavy atom. The first kappa shape index (κ1) is 25.2. The Balaban J connectivity index is 1.13. The molecule has 3 aromatic heterocycles. The molecule has 5 aliphatic rings. The van der Waals surface area contributed by atoms with E-state index in [1.807, 2.05) is 0 Å². The maximum Gasteiger partial charge on any atom is 0.447 e. The van der Waals surface area contributed by atoms with Crippen LogP contribution in [0.4, 0.5) is 19.0 Å². The average molecular weight is 573 g/mol. The van der Waals surface area contributed by atoms with Crippen LogP contribution >= 0.6 is 23.1 Å². The number of thioether (sulfide) groups is 1. The Kier molecular flexibility index (Phi) is 5.56. The van der Waals surface area contributed by atoms with Gasteiger partial charge in [-0.1, -0.05) is 12.8 Å². The van der Waals surface area contributed by atoms with Gasteiger partial charge in [0, 0.05) is 30.2 Å². The van der Waals surface area contributed by atoms with Gasteiger partial charge in [0.25, 0.3) is 5.91 Å². The molecule has 5 saturated carbocycles. The maximum atomic E-state index is 13.5. The quantitative estimate of drug-likeness (QED) is 0.310. The molecule has 0 saturated heterocycles. The number of nitrogens with one attached hydrogen (secondary N) is 2. The summed E-state index contributed by atoms with van der Waals surface area (Å²) in [6, 6.07) is 0.233. The number of hydrogen-bond acceptors (Lipinski definition) is 7. The lowest BCUT2D eigenvalue weighted by Crippen LogP contribution is -2.42. The highest BCUT2D eigenvalue weighted by Gasteiger charge is 2.85. The van der Waals surface area contributed by atoms with Crippen molar-refractivity contribution >= 4 is 40.5 Å². The molecule has 2 unspecified atom stereocenters. The molecular weight excluding hydrogens is 545 g/mol. The van der Waals surface area contributed by atoms with Crippen LogP contribution in [0.15, 0.2) is 23.6 Å². The van der Waals surface area contributed by atoms with Crippen LogP contribution in [0, 0.1) is 47.3 Å². The predicted octanol–water partition coefficient (Wildman–Crippen LogP) is 5.51. The maximum absolute atomic E-state index is 13.5. The van der Waals surface area contributed by atoms with Crippen LogP contribution in [0.5, 0.6) is 0 Å². The number of imidazole rings is 1. The predicted molar refractivity (Wildman–Crippen MR) is 142 cm³/mol. The van der Waals surface area contributed by atoms with Gasteiger partial charge in [0.05, 0.1) is 17.7 Å². The zero-order valence-electron chi connectivity index (χ0n) is 21.4. The fourth-order valence-electron chi connectivity index (χ4n) is 7.98. The Labute approximate surface area is 231 Å². The molecule has 39 heavy (non-hydrogen) atoms. The number of nitrogens with zero attached hydrogens (tertiary/aromatic N) is 4.